The summed E-state index contributed by atoms with van der Waals surface area (Å²) in [6, 6.07) is 6.41. The first-order valence-corrected chi connectivity index (χ1v) is 10.9. The number of benzene rings is 1. The lowest BCUT2D eigenvalue weighted by molar-refractivity contribution is -0.384. The summed E-state index contributed by atoms with van der Waals surface area (Å²) >= 11 is 6.04. The van der Waals surface area contributed by atoms with Gasteiger partial charge in [-0.2, -0.15) is 0 Å². The van der Waals surface area contributed by atoms with Gasteiger partial charge >= 0.3 is 0 Å². The van der Waals surface area contributed by atoms with E-state index < -0.39 is 16.9 Å². The van der Waals surface area contributed by atoms with Gasteiger partial charge in [0.05, 0.1) is 27.4 Å². The van der Waals surface area contributed by atoms with Crippen molar-refractivity contribution in [1.29, 1.82) is 0 Å². The van der Waals surface area contributed by atoms with E-state index in [2.05, 4.69) is 20.5 Å². The van der Waals surface area contributed by atoms with Crippen LogP contribution in [-0.2, 0) is 4.79 Å². The summed E-state index contributed by atoms with van der Waals surface area (Å²) in [6.07, 6.45) is 5.13. The van der Waals surface area contributed by atoms with Gasteiger partial charge in [0.25, 0.3) is 11.6 Å². The fourth-order valence-electron chi connectivity index (χ4n) is 3.55. The molecular weight excluding hydrogens is 434 g/mol. The van der Waals surface area contributed by atoms with E-state index in [4.69, 9.17) is 11.6 Å². The molecule has 1 aliphatic rings. The van der Waals surface area contributed by atoms with Crippen molar-refractivity contribution >= 4 is 40.6 Å². The summed E-state index contributed by atoms with van der Waals surface area (Å²) < 4.78 is 0. The Morgan fingerprint density at radius 1 is 1.16 bits per heavy atom. The Labute approximate surface area is 191 Å². The molecule has 9 nitrogen and oxygen atoms in total. The highest BCUT2D eigenvalue weighted by Crippen LogP contribution is 2.23. The summed E-state index contributed by atoms with van der Waals surface area (Å²) in [7, 11) is 0. The summed E-state index contributed by atoms with van der Waals surface area (Å²) in [5.41, 5.74) is 0.373. The van der Waals surface area contributed by atoms with Crippen molar-refractivity contribution in [3.63, 3.8) is 0 Å². The zero-order valence-electron chi connectivity index (χ0n) is 18.0. The molecule has 1 aromatic heterocycles. The first-order valence-electron chi connectivity index (χ1n) is 10.5. The van der Waals surface area contributed by atoms with Gasteiger partial charge in [-0.15, -0.1) is 0 Å². The Morgan fingerprint density at radius 2 is 1.88 bits per heavy atom. The minimum Gasteiger partial charge on any atom is -0.357 e. The molecule has 2 N–H and O–H groups in total. The smallest absolute Gasteiger partial charge is 0.270 e. The van der Waals surface area contributed by atoms with Crippen molar-refractivity contribution in [2.45, 2.75) is 39.2 Å². The molecule has 1 fully saturated rings. The van der Waals surface area contributed by atoms with Crippen LogP contribution in [0.1, 0.15) is 43.5 Å². The van der Waals surface area contributed by atoms with Gasteiger partial charge < -0.3 is 15.5 Å². The molecule has 0 aliphatic carbocycles. The molecule has 1 unspecified atom stereocenters. The number of hydrogen-bond donors (Lipinski definition) is 2. The van der Waals surface area contributed by atoms with Crippen LogP contribution in [0.25, 0.3) is 0 Å². The Kier molecular flexibility index (Phi) is 7.63. The fourth-order valence-corrected chi connectivity index (χ4v) is 3.81. The molecular formula is C22H26ClN5O4. The van der Waals surface area contributed by atoms with E-state index in [0.29, 0.717) is 5.69 Å². The van der Waals surface area contributed by atoms with Gasteiger partial charge in [-0.05, 0) is 43.4 Å². The molecule has 0 bridgehead atoms. The third-order valence-corrected chi connectivity index (χ3v) is 5.65. The first-order chi connectivity index (χ1) is 15.3. The second kappa shape index (κ2) is 10.4. The molecule has 0 saturated carbocycles. The summed E-state index contributed by atoms with van der Waals surface area (Å²) in [4.78, 5) is 42.5. The van der Waals surface area contributed by atoms with Gasteiger partial charge in [-0.25, -0.2) is 4.98 Å². The third-order valence-electron chi connectivity index (χ3n) is 5.34. The lowest BCUT2D eigenvalue weighted by Crippen LogP contribution is -2.47. The molecule has 32 heavy (non-hydrogen) atoms. The zero-order chi connectivity index (χ0) is 23.3. The van der Waals surface area contributed by atoms with Gasteiger partial charge in [0.2, 0.25) is 5.91 Å². The molecule has 0 spiro atoms. The SMILES string of the molecule is CC(C)C(NC(=O)c1ccc([N+](=O)[O-])cc1Cl)C(=O)Nc1ccc(N2CCCCC2)nc1. The van der Waals surface area contributed by atoms with Gasteiger partial charge in [0.15, 0.2) is 0 Å². The molecule has 2 aromatic rings. The number of carbonyl (C=O) groups is 2. The number of pyridine rings is 1. The highest BCUT2D eigenvalue weighted by atomic mass is 35.5. The van der Waals surface area contributed by atoms with E-state index in [-0.39, 0.29) is 28.1 Å². The molecule has 3 rings (SSSR count). The number of aromatic nitrogens is 1. The fraction of sp³-hybridized carbons (Fsp3) is 0.409. The predicted molar refractivity (Wildman–Crippen MR) is 123 cm³/mol. The quantitative estimate of drug-likeness (QED) is 0.476. The first kappa shape index (κ1) is 23.5. The standard InChI is InChI=1S/C22H26ClN5O4/c1-14(2)20(26-21(29)17-8-7-16(28(31)32)12-18(17)23)22(30)25-15-6-9-19(24-13-15)27-10-4-3-5-11-27/h6-9,12-14,20H,3-5,10-11H2,1-2H3,(H,25,30)(H,26,29). The molecule has 1 aliphatic heterocycles. The number of piperidine rings is 1. The molecule has 2 amide bonds. The number of amides is 2. The van der Waals surface area contributed by atoms with Crippen molar-refractivity contribution in [3.8, 4) is 0 Å². The van der Waals surface area contributed by atoms with Crippen molar-refractivity contribution in [3.05, 3.63) is 57.2 Å². The van der Waals surface area contributed by atoms with Crippen LogP contribution in [0.2, 0.25) is 5.02 Å². The summed E-state index contributed by atoms with van der Waals surface area (Å²) in [6.45, 7) is 5.57. The maximum atomic E-state index is 12.8. The summed E-state index contributed by atoms with van der Waals surface area (Å²) in [5.74, 6) is -0.309. The lowest BCUT2D eigenvalue weighted by atomic mass is 10.0. The van der Waals surface area contributed by atoms with Gasteiger partial charge in [-0.1, -0.05) is 25.4 Å². The normalized spacial score (nSPS) is 14.7. The molecule has 170 valence electrons. The van der Waals surface area contributed by atoms with E-state index in [1.807, 2.05) is 6.07 Å². The maximum Gasteiger partial charge on any atom is 0.270 e. The minimum absolute atomic E-state index is 0.0582. The van der Waals surface area contributed by atoms with Crippen LogP contribution in [0.4, 0.5) is 17.2 Å². The number of non-ortho nitro benzene ring substituents is 1. The monoisotopic (exact) mass is 459 g/mol. The van der Waals surface area contributed by atoms with Crippen molar-refractivity contribution in [2.75, 3.05) is 23.3 Å². The zero-order valence-corrected chi connectivity index (χ0v) is 18.8. The van der Waals surface area contributed by atoms with Crippen LogP contribution in [-0.4, -0.2) is 40.9 Å². The molecule has 0 radical (unpaired) electrons. The molecule has 1 atom stereocenters. The summed E-state index contributed by atoms with van der Waals surface area (Å²) in [5, 5.41) is 16.3. The number of carbonyl (C=O) groups excluding carboxylic acids is 2. The third kappa shape index (κ3) is 5.73. The van der Waals surface area contributed by atoms with E-state index >= 15 is 0 Å². The highest BCUT2D eigenvalue weighted by Gasteiger charge is 2.26. The van der Waals surface area contributed by atoms with Gasteiger partial charge in [0, 0.05) is 25.2 Å². The molecule has 10 heteroatoms. The van der Waals surface area contributed by atoms with Crippen LogP contribution < -0.4 is 15.5 Å². The number of anilines is 2. The van der Waals surface area contributed by atoms with Crippen LogP contribution in [0.3, 0.4) is 0 Å². The number of halogens is 1. The van der Waals surface area contributed by atoms with Gasteiger partial charge in [0.1, 0.15) is 11.9 Å². The van der Waals surface area contributed by atoms with Crippen LogP contribution >= 0.6 is 11.6 Å². The number of rotatable bonds is 7. The Bertz CT molecular complexity index is 990. The van der Waals surface area contributed by atoms with Crippen LogP contribution in [0.5, 0.6) is 0 Å². The van der Waals surface area contributed by atoms with Crippen LogP contribution in [0, 0.1) is 16.0 Å². The Balaban J connectivity index is 1.66. The predicted octanol–water partition coefficient (Wildman–Crippen LogP) is 4.03. The van der Waals surface area contributed by atoms with E-state index in [9.17, 15) is 19.7 Å². The van der Waals surface area contributed by atoms with Crippen LogP contribution in [0.15, 0.2) is 36.5 Å². The second-order valence-corrected chi connectivity index (χ2v) is 8.47. The topological polar surface area (TPSA) is 117 Å². The molecule has 1 aromatic carbocycles. The van der Waals surface area contributed by atoms with Crippen molar-refractivity contribution in [1.82, 2.24) is 10.3 Å². The Hall–Kier alpha value is -3.20. The molecule has 1 saturated heterocycles. The largest absolute Gasteiger partial charge is 0.357 e. The van der Waals surface area contributed by atoms with Crippen molar-refractivity contribution in [2.24, 2.45) is 5.92 Å². The van der Waals surface area contributed by atoms with Crippen molar-refractivity contribution < 1.29 is 14.5 Å². The number of nitro groups is 1. The lowest BCUT2D eigenvalue weighted by Gasteiger charge is -2.27. The minimum atomic E-state index is -0.837. The number of nitrogens with zero attached hydrogens (tertiary/aromatic N) is 3. The Morgan fingerprint density at radius 3 is 2.44 bits per heavy atom. The second-order valence-electron chi connectivity index (χ2n) is 8.06. The number of nitro benzene ring substituents is 1. The molecule has 2 heterocycles. The number of hydrogen-bond acceptors (Lipinski definition) is 6. The maximum absolute atomic E-state index is 12.8. The average molecular weight is 460 g/mol. The van der Waals surface area contributed by atoms with Gasteiger partial charge in [-0.3, -0.25) is 19.7 Å². The van der Waals surface area contributed by atoms with E-state index in [1.54, 1.807) is 26.1 Å². The highest BCUT2D eigenvalue weighted by molar-refractivity contribution is 6.34. The van der Waals surface area contributed by atoms with E-state index in [1.165, 1.54) is 18.6 Å². The number of nitrogens with one attached hydrogen (secondary N) is 2. The van der Waals surface area contributed by atoms with E-state index in [0.717, 1.165) is 37.8 Å². The average Bonchev–Trinajstić information content (AvgIpc) is 2.78.